The molecule has 1 aromatic rings. The first-order valence-corrected chi connectivity index (χ1v) is 7.04. The van der Waals surface area contributed by atoms with Crippen LogP contribution in [0.4, 0.5) is 0 Å². The van der Waals surface area contributed by atoms with Gasteiger partial charge in [0.25, 0.3) is 0 Å². The van der Waals surface area contributed by atoms with E-state index in [1.54, 1.807) is 4.90 Å². The lowest BCUT2D eigenvalue weighted by atomic mass is 9.96. The molecule has 1 heterocycles. The van der Waals surface area contributed by atoms with Gasteiger partial charge in [-0.3, -0.25) is 9.59 Å². The summed E-state index contributed by atoms with van der Waals surface area (Å²) in [5.41, 5.74) is 3.30. The summed E-state index contributed by atoms with van der Waals surface area (Å²) in [5.74, 6) is -1.17. The number of piperidine rings is 1. The molecule has 0 bridgehead atoms. The molecule has 0 radical (unpaired) electrons. The van der Waals surface area contributed by atoms with Gasteiger partial charge in [0, 0.05) is 13.1 Å². The third-order valence-electron chi connectivity index (χ3n) is 4.10. The molecule has 1 fully saturated rings. The first-order valence-electron chi connectivity index (χ1n) is 7.04. The number of benzene rings is 1. The summed E-state index contributed by atoms with van der Waals surface area (Å²) in [6.45, 7) is 5.03. The molecule has 0 saturated carbocycles. The number of aryl methyl sites for hydroxylation is 2. The van der Waals surface area contributed by atoms with Crippen LogP contribution in [-0.2, 0) is 16.0 Å². The number of carbonyl (C=O) groups is 2. The van der Waals surface area contributed by atoms with Crippen LogP contribution < -0.4 is 0 Å². The van der Waals surface area contributed by atoms with Crippen LogP contribution >= 0.6 is 0 Å². The fourth-order valence-corrected chi connectivity index (χ4v) is 2.80. The zero-order valence-electron chi connectivity index (χ0n) is 12.1. The predicted molar refractivity (Wildman–Crippen MR) is 76.6 cm³/mol. The molecule has 1 aliphatic heterocycles. The van der Waals surface area contributed by atoms with E-state index in [0.29, 0.717) is 25.9 Å². The molecule has 4 nitrogen and oxygen atoms in total. The van der Waals surface area contributed by atoms with Crippen molar-refractivity contribution in [1.29, 1.82) is 0 Å². The summed E-state index contributed by atoms with van der Waals surface area (Å²) >= 11 is 0. The second kappa shape index (κ2) is 6.07. The molecule has 20 heavy (non-hydrogen) atoms. The lowest BCUT2D eigenvalue weighted by Crippen LogP contribution is -2.43. The van der Waals surface area contributed by atoms with Crippen LogP contribution in [0.2, 0.25) is 0 Å². The Labute approximate surface area is 119 Å². The van der Waals surface area contributed by atoms with Gasteiger partial charge in [-0.15, -0.1) is 0 Å². The van der Waals surface area contributed by atoms with Gasteiger partial charge in [0.2, 0.25) is 5.91 Å². The lowest BCUT2D eigenvalue weighted by Gasteiger charge is -2.31. The van der Waals surface area contributed by atoms with Gasteiger partial charge in [-0.25, -0.2) is 0 Å². The molecular formula is C16H21NO3. The topological polar surface area (TPSA) is 57.6 Å². The SMILES string of the molecule is Cc1cccc(C)c1CC(=O)N1CCCC(C(=O)O)C1. The van der Waals surface area contributed by atoms with Crippen molar-refractivity contribution in [3.05, 3.63) is 34.9 Å². The second-order valence-corrected chi connectivity index (χ2v) is 5.56. The second-order valence-electron chi connectivity index (χ2n) is 5.56. The molecule has 1 atom stereocenters. The van der Waals surface area contributed by atoms with Gasteiger partial charge in [0.15, 0.2) is 0 Å². The Kier molecular flexibility index (Phi) is 4.42. The highest BCUT2D eigenvalue weighted by Gasteiger charge is 2.28. The molecule has 1 saturated heterocycles. The van der Waals surface area contributed by atoms with Gasteiger partial charge in [-0.1, -0.05) is 18.2 Å². The molecule has 0 aliphatic carbocycles. The third-order valence-corrected chi connectivity index (χ3v) is 4.10. The molecular weight excluding hydrogens is 254 g/mol. The van der Waals surface area contributed by atoms with E-state index in [4.69, 9.17) is 5.11 Å². The molecule has 0 aromatic heterocycles. The van der Waals surface area contributed by atoms with Crippen molar-refractivity contribution in [2.75, 3.05) is 13.1 Å². The number of carboxylic acid groups (broad SMARTS) is 1. The molecule has 108 valence electrons. The van der Waals surface area contributed by atoms with Gasteiger partial charge in [-0.05, 0) is 43.4 Å². The van der Waals surface area contributed by atoms with Crippen LogP contribution in [0.5, 0.6) is 0 Å². The fraction of sp³-hybridized carbons (Fsp3) is 0.500. The van der Waals surface area contributed by atoms with Gasteiger partial charge >= 0.3 is 5.97 Å². The van der Waals surface area contributed by atoms with Crippen molar-refractivity contribution in [2.24, 2.45) is 5.92 Å². The molecule has 0 spiro atoms. The third kappa shape index (κ3) is 3.18. The van der Waals surface area contributed by atoms with E-state index in [1.807, 2.05) is 32.0 Å². The molecule has 1 aliphatic rings. The number of rotatable bonds is 3. The highest BCUT2D eigenvalue weighted by atomic mass is 16.4. The van der Waals surface area contributed by atoms with Crippen LogP contribution in [0.15, 0.2) is 18.2 Å². The zero-order valence-corrected chi connectivity index (χ0v) is 12.1. The van der Waals surface area contributed by atoms with Crippen molar-refractivity contribution in [3.63, 3.8) is 0 Å². The van der Waals surface area contributed by atoms with Crippen molar-refractivity contribution in [1.82, 2.24) is 4.90 Å². The maximum absolute atomic E-state index is 12.4. The van der Waals surface area contributed by atoms with Gasteiger partial charge in [0.05, 0.1) is 12.3 Å². The number of carbonyl (C=O) groups excluding carboxylic acids is 1. The minimum atomic E-state index is -0.797. The summed E-state index contributed by atoms with van der Waals surface area (Å²) in [6, 6.07) is 6.00. The number of carboxylic acids is 1. The molecule has 1 unspecified atom stereocenters. The van der Waals surface area contributed by atoms with Gasteiger partial charge in [0.1, 0.15) is 0 Å². The van der Waals surface area contributed by atoms with E-state index in [2.05, 4.69) is 0 Å². The van der Waals surface area contributed by atoms with Crippen LogP contribution in [0.3, 0.4) is 0 Å². The highest BCUT2D eigenvalue weighted by Crippen LogP contribution is 2.20. The van der Waals surface area contributed by atoms with E-state index in [0.717, 1.165) is 23.1 Å². The van der Waals surface area contributed by atoms with E-state index in [-0.39, 0.29) is 5.91 Å². The highest BCUT2D eigenvalue weighted by molar-refractivity contribution is 5.80. The normalized spacial score (nSPS) is 18.9. The maximum atomic E-state index is 12.4. The summed E-state index contributed by atoms with van der Waals surface area (Å²) in [5, 5.41) is 9.08. The molecule has 1 N–H and O–H groups in total. The lowest BCUT2D eigenvalue weighted by molar-refractivity contribution is -0.145. The predicted octanol–water partition coefficient (Wildman–Crippen LogP) is 2.17. The maximum Gasteiger partial charge on any atom is 0.308 e. The average molecular weight is 275 g/mol. The van der Waals surface area contributed by atoms with Crippen LogP contribution in [0.25, 0.3) is 0 Å². The summed E-state index contributed by atoms with van der Waals surface area (Å²) in [6.07, 6.45) is 1.81. The Bertz CT molecular complexity index is 504. The largest absolute Gasteiger partial charge is 0.481 e. The first-order chi connectivity index (χ1) is 9.49. The van der Waals surface area contributed by atoms with Crippen LogP contribution in [0.1, 0.15) is 29.5 Å². The standard InChI is InChI=1S/C16H21NO3/c1-11-5-3-6-12(2)14(11)9-15(18)17-8-4-7-13(10-17)16(19)20/h3,5-6,13H,4,7-10H2,1-2H3,(H,19,20). The van der Waals surface area contributed by atoms with Crippen molar-refractivity contribution < 1.29 is 14.7 Å². The molecule has 1 aromatic carbocycles. The van der Waals surface area contributed by atoms with E-state index in [1.165, 1.54) is 0 Å². The monoisotopic (exact) mass is 275 g/mol. The minimum Gasteiger partial charge on any atom is -0.481 e. The van der Waals surface area contributed by atoms with E-state index < -0.39 is 11.9 Å². The number of hydrogen-bond acceptors (Lipinski definition) is 2. The Morgan fingerprint density at radius 3 is 2.55 bits per heavy atom. The Hall–Kier alpha value is -1.84. The van der Waals surface area contributed by atoms with Crippen molar-refractivity contribution >= 4 is 11.9 Å². The molecule has 1 amide bonds. The summed E-state index contributed by atoms with van der Waals surface area (Å²) in [4.78, 5) is 25.1. The van der Waals surface area contributed by atoms with E-state index >= 15 is 0 Å². The molecule has 2 rings (SSSR count). The fourth-order valence-electron chi connectivity index (χ4n) is 2.80. The van der Waals surface area contributed by atoms with Gasteiger partial charge < -0.3 is 10.0 Å². The summed E-state index contributed by atoms with van der Waals surface area (Å²) in [7, 11) is 0. The first kappa shape index (κ1) is 14.6. The van der Waals surface area contributed by atoms with Crippen molar-refractivity contribution in [3.8, 4) is 0 Å². The number of likely N-dealkylation sites (tertiary alicyclic amines) is 1. The zero-order chi connectivity index (χ0) is 14.7. The smallest absolute Gasteiger partial charge is 0.308 e. The average Bonchev–Trinajstić information content (AvgIpc) is 2.43. The number of aliphatic carboxylic acids is 1. The summed E-state index contributed by atoms with van der Waals surface area (Å²) < 4.78 is 0. The minimum absolute atomic E-state index is 0.0355. The van der Waals surface area contributed by atoms with Gasteiger partial charge in [-0.2, -0.15) is 0 Å². The Morgan fingerprint density at radius 2 is 1.95 bits per heavy atom. The number of nitrogens with zero attached hydrogens (tertiary/aromatic N) is 1. The van der Waals surface area contributed by atoms with Crippen LogP contribution in [0, 0.1) is 19.8 Å². The Morgan fingerprint density at radius 1 is 1.30 bits per heavy atom. The van der Waals surface area contributed by atoms with Crippen molar-refractivity contribution in [2.45, 2.75) is 33.1 Å². The van der Waals surface area contributed by atoms with Crippen LogP contribution in [-0.4, -0.2) is 35.0 Å². The quantitative estimate of drug-likeness (QED) is 0.919. The number of hydrogen-bond donors (Lipinski definition) is 1. The number of amides is 1. The molecule has 4 heteroatoms. The Balaban J connectivity index is 2.06. The van der Waals surface area contributed by atoms with E-state index in [9.17, 15) is 9.59 Å².